The number of hydrogen-bond donors (Lipinski definition) is 1. The molecule has 0 amide bonds. The third-order valence-corrected chi connectivity index (χ3v) is 2.42. The van der Waals surface area contributed by atoms with Gasteiger partial charge in [-0.25, -0.2) is 4.79 Å². The molecule has 0 aliphatic rings. The molecule has 0 fully saturated rings. The second-order valence-corrected chi connectivity index (χ2v) is 3.41. The van der Waals surface area contributed by atoms with E-state index >= 15 is 0 Å². The van der Waals surface area contributed by atoms with E-state index in [-0.39, 0.29) is 0 Å². The lowest BCUT2D eigenvalue weighted by atomic mass is 9.95. The summed E-state index contributed by atoms with van der Waals surface area (Å²) in [6.07, 6.45) is 0. The van der Waals surface area contributed by atoms with Gasteiger partial charge in [-0.2, -0.15) is 0 Å². The van der Waals surface area contributed by atoms with E-state index in [9.17, 15) is 4.79 Å². The molecular formula is C11H14O3. The van der Waals surface area contributed by atoms with Crippen molar-refractivity contribution in [1.29, 1.82) is 0 Å². The van der Waals surface area contributed by atoms with Crippen LogP contribution in [0.5, 0.6) is 0 Å². The van der Waals surface area contributed by atoms with Crippen LogP contribution in [0.15, 0.2) is 24.3 Å². The van der Waals surface area contributed by atoms with Crippen LogP contribution in [-0.4, -0.2) is 18.2 Å². The zero-order chi connectivity index (χ0) is 10.8. The van der Waals surface area contributed by atoms with Crippen molar-refractivity contribution in [3.8, 4) is 0 Å². The molecule has 0 aromatic heterocycles. The summed E-state index contributed by atoms with van der Waals surface area (Å²) in [5.41, 5.74) is 0.490. The van der Waals surface area contributed by atoms with Gasteiger partial charge in [0.25, 0.3) is 0 Å². The molecule has 0 bridgehead atoms. The molecule has 1 N–H and O–H groups in total. The molecule has 1 rings (SSSR count). The Labute approximate surface area is 83.3 Å². The highest BCUT2D eigenvalue weighted by molar-refractivity contribution is 5.78. The highest BCUT2D eigenvalue weighted by Crippen LogP contribution is 2.24. The normalized spacial score (nSPS) is 14.8. The Kier molecular flexibility index (Phi) is 2.91. The number of aliphatic carboxylic acids is 1. The number of rotatable bonds is 3. The van der Waals surface area contributed by atoms with Gasteiger partial charge in [0.05, 0.1) is 0 Å². The van der Waals surface area contributed by atoms with Crippen molar-refractivity contribution in [2.75, 3.05) is 7.11 Å². The van der Waals surface area contributed by atoms with Gasteiger partial charge in [0, 0.05) is 7.11 Å². The van der Waals surface area contributed by atoms with Crippen LogP contribution in [0, 0.1) is 6.92 Å². The number of methoxy groups -OCH3 is 1. The summed E-state index contributed by atoms with van der Waals surface area (Å²) >= 11 is 0. The van der Waals surface area contributed by atoms with Crippen molar-refractivity contribution in [2.24, 2.45) is 0 Å². The summed E-state index contributed by atoms with van der Waals surface area (Å²) in [7, 11) is 1.40. The van der Waals surface area contributed by atoms with E-state index in [1.165, 1.54) is 7.11 Å². The van der Waals surface area contributed by atoms with Gasteiger partial charge in [-0.15, -0.1) is 0 Å². The maximum absolute atomic E-state index is 11.0. The highest BCUT2D eigenvalue weighted by Gasteiger charge is 2.34. The van der Waals surface area contributed by atoms with Crippen molar-refractivity contribution in [1.82, 2.24) is 0 Å². The molecule has 0 aliphatic heterocycles. The Balaban J connectivity index is 3.13. The van der Waals surface area contributed by atoms with E-state index in [0.29, 0.717) is 5.56 Å². The Bertz CT molecular complexity index is 329. The van der Waals surface area contributed by atoms with Crippen LogP contribution in [0.4, 0.5) is 0 Å². The first-order valence-corrected chi connectivity index (χ1v) is 4.36. The Morgan fingerprint density at radius 1 is 1.36 bits per heavy atom. The first-order valence-electron chi connectivity index (χ1n) is 4.36. The van der Waals surface area contributed by atoms with Crippen LogP contribution >= 0.6 is 0 Å². The molecule has 0 heterocycles. The molecule has 1 unspecified atom stereocenters. The van der Waals surface area contributed by atoms with Crippen LogP contribution in [0.2, 0.25) is 0 Å². The maximum Gasteiger partial charge on any atom is 0.340 e. The topological polar surface area (TPSA) is 46.5 Å². The van der Waals surface area contributed by atoms with Gasteiger partial charge in [-0.3, -0.25) is 0 Å². The monoisotopic (exact) mass is 194 g/mol. The average Bonchev–Trinajstić information content (AvgIpc) is 2.17. The number of hydrogen-bond acceptors (Lipinski definition) is 2. The first kappa shape index (κ1) is 10.7. The minimum Gasteiger partial charge on any atom is -0.479 e. The molecule has 1 aromatic carbocycles. The fourth-order valence-corrected chi connectivity index (χ4v) is 1.20. The summed E-state index contributed by atoms with van der Waals surface area (Å²) in [6.45, 7) is 3.49. The molecule has 0 radical (unpaired) electrons. The van der Waals surface area contributed by atoms with E-state index in [2.05, 4.69) is 0 Å². The molecule has 0 saturated heterocycles. The predicted octanol–water partition coefficient (Wildman–Crippen LogP) is 1.94. The first-order chi connectivity index (χ1) is 6.50. The average molecular weight is 194 g/mol. The quantitative estimate of drug-likeness (QED) is 0.799. The molecule has 14 heavy (non-hydrogen) atoms. The number of carbonyl (C=O) groups is 1. The van der Waals surface area contributed by atoms with E-state index in [4.69, 9.17) is 9.84 Å². The van der Waals surface area contributed by atoms with Crippen LogP contribution in [-0.2, 0) is 15.1 Å². The van der Waals surface area contributed by atoms with Crippen molar-refractivity contribution >= 4 is 5.97 Å². The van der Waals surface area contributed by atoms with Crippen molar-refractivity contribution in [3.05, 3.63) is 35.4 Å². The zero-order valence-electron chi connectivity index (χ0n) is 8.57. The Hall–Kier alpha value is -1.35. The maximum atomic E-state index is 11.0. The largest absolute Gasteiger partial charge is 0.479 e. The van der Waals surface area contributed by atoms with Gasteiger partial charge in [0.2, 0.25) is 0 Å². The molecule has 0 saturated carbocycles. The Morgan fingerprint density at radius 3 is 2.21 bits per heavy atom. The van der Waals surface area contributed by atoms with Gasteiger partial charge in [0.15, 0.2) is 5.60 Å². The van der Waals surface area contributed by atoms with Gasteiger partial charge in [-0.05, 0) is 19.4 Å². The third-order valence-electron chi connectivity index (χ3n) is 2.42. The van der Waals surface area contributed by atoms with E-state index in [0.717, 1.165) is 5.56 Å². The van der Waals surface area contributed by atoms with Gasteiger partial charge in [0.1, 0.15) is 0 Å². The second kappa shape index (κ2) is 3.80. The van der Waals surface area contributed by atoms with Crippen molar-refractivity contribution in [3.63, 3.8) is 0 Å². The minimum absolute atomic E-state index is 0.651. The van der Waals surface area contributed by atoms with Crippen molar-refractivity contribution < 1.29 is 14.6 Å². The van der Waals surface area contributed by atoms with Crippen molar-refractivity contribution in [2.45, 2.75) is 19.4 Å². The lowest BCUT2D eigenvalue weighted by Gasteiger charge is -2.23. The standard InChI is InChI=1S/C11H14O3/c1-8-4-6-9(7-5-8)11(2,14-3)10(12)13/h4-7H,1-3H3,(H,12,13). The van der Waals surface area contributed by atoms with Crippen LogP contribution in [0.3, 0.4) is 0 Å². The fourth-order valence-electron chi connectivity index (χ4n) is 1.20. The lowest BCUT2D eigenvalue weighted by Crippen LogP contribution is -2.34. The second-order valence-electron chi connectivity index (χ2n) is 3.41. The molecule has 3 nitrogen and oxygen atoms in total. The molecule has 0 spiro atoms. The number of aryl methyl sites for hydroxylation is 1. The van der Waals surface area contributed by atoms with Gasteiger partial charge < -0.3 is 9.84 Å². The van der Waals surface area contributed by atoms with Crippen LogP contribution < -0.4 is 0 Å². The van der Waals surface area contributed by atoms with E-state index in [1.54, 1.807) is 19.1 Å². The smallest absolute Gasteiger partial charge is 0.340 e. The number of ether oxygens (including phenoxy) is 1. The molecule has 1 atom stereocenters. The van der Waals surface area contributed by atoms with E-state index in [1.807, 2.05) is 19.1 Å². The predicted molar refractivity (Wildman–Crippen MR) is 53.2 cm³/mol. The molecular weight excluding hydrogens is 180 g/mol. The molecule has 1 aromatic rings. The van der Waals surface area contributed by atoms with E-state index < -0.39 is 11.6 Å². The van der Waals surface area contributed by atoms with Gasteiger partial charge in [-0.1, -0.05) is 29.8 Å². The molecule has 0 aliphatic carbocycles. The van der Waals surface area contributed by atoms with Crippen LogP contribution in [0.1, 0.15) is 18.1 Å². The summed E-state index contributed by atoms with van der Waals surface area (Å²) in [5, 5.41) is 9.03. The zero-order valence-corrected chi connectivity index (χ0v) is 8.57. The minimum atomic E-state index is -1.26. The molecule has 76 valence electrons. The Morgan fingerprint density at radius 2 is 1.86 bits per heavy atom. The third kappa shape index (κ3) is 1.77. The number of carboxylic acids is 1. The summed E-state index contributed by atoms with van der Waals surface area (Å²) in [6, 6.07) is 7.28. The lowest BCUT2D eigenvalue weighted by molar-refractivity contribution is -0.161. The molecule has 3 heteroatoms. The van der Waals surface area contributed by atoms with Crippen LogP contribution in [0.25, 0.3) is 0 Å². The summed E-state index contributed by atoms with van der Waals surface area (Å²) < 4.78 is 5.03. The summed E-state index contributed by atoms with van der Waals surface area (Å²) in [4.78, 5) is 11.0. The fraction of sp³-hybridized carbons (Fsp3) is 0.364. The highest BCUT2D eigenvalue weighted by atomic mass is 16.5. The SMILES string of the molecule is COC(C)(C(=O)O)c1ccc(C)cc1. The summed E-state index contributed by atoms with van der Waals surface area (Å²) in [5.74, 6) is -0.983. The van der Waals surface area contributed by atoms with Gasteiger partial charge >= 0.3 is 5.97 Å². The number of carboxylic acid groups (broad SMARTS) is 1. The number of benzene rings is 1.